The second-order valence-corrected chi connectivity index (χ2v) is 8.71. The summed E-state index contributed by atoms with van der Waals surface area (Å²) < 4.78 is 27.4. The number of hydrogen-bond acceptors (Lipinski definition) is 4. The van der Waals surface area contributed by atoms with Gasteiger partial charge in [-0.3, -0.25) is 4.79 Å². The molecule has 1 N–H and O–H groups in total. The van der Waals surface area contributed by atoms with Crippen molar-refractivity contribution in [1.29, 1.82) is 0 Å². The maximum Gasteiger partial charge on any atom is 0.243 e. The fraction of sp³-hybridized carbons (Fsp3) is 0.133. The van der Waals surface area contributed by atoms with Gasteiger partial charge in [0.25, 0.3) is 0 Å². The van der Waals surface area contributed by atoms with Crippen molar-refractivity contribution in [3.8, 4) is 0 Å². The van der Waals surface area contributed by atoms with Crippen LogP contribution in [-0.2, 0) is 10.0 Å². The Kier molecular flexibility index (Phi) is 4.46. The highest BCUT2D eigenvalue weighted by Crippen LogP contribution is 2.39. The minimum Gasteiger partial charge on any atom is -0.291 e. The molecule has 0 spiro atoms. The Balaban J connectivity index is 2.01. The molecule has 1 aliphatic heterocycles. The van der Waals surface area contributed by atoms with E-state index in [4.69, 9.17) is 23.2 Å². The molecule has 23 heavy (non-hydrogen) atoms. The quantitative estimate of drug-likeness (QED) is 0.793. The Morgan fingerprint density at radius 3 is 2.43 bits per heavy atom. The molecule has 2 aromatic carbocycles. The predicted octanol–water partition coefficient (Wildman–Crippen LogP) is 3.89. The number of carbonyl (C=O) groups excluding carboxylic acids is 1. The van der Waals surface area contributed by atoms with Crippen LogP contribution in [0, 0.1) is 6.92 Å². The second kappa shape index (κ2) is 6.11. The zero-order valence-electron chi connectivity index (χ0n) is 11.8. The van der Waals surface area contributed by atoms with Gasteiger partial charge in [-0.15, -0.1) is 0 Å². The van der Waals surface area contributed by atoms with E-state index in [1.807, 2.05) is 0 Å². The van der Waals surface area contributed by atoms with E-state index in [0.29, 0.717) is 26.1 Å². The summed E-state index contributed by atoms with van der Waals surface area (Å²) >= 11 is 13.0. The van der Waals surface area contributed by atoms with Crippen molar-refractivity contribution in [2.24, 2.45) is 0 Å². The van der Waals surface area contributed by atoms with E-state index >= 15 is 0 Å². The summed E-state index contributed by atoms with van der Waals surface area (Å²) in [5.41, 5.74) is 0.932. The van der Waals surface area contributed by atoms with E-state index in [1.165, 1.54) is 0 Å². The van der Waals surface area contributed by atoms with Crippen molar-refractivity contribution in [1.82, 2.24) is 4.72 Å². The average Bonchev–Trinajstić information content (AvgIpc) is 2.45. The molecule has 0 amide bonds. The van der Waals surface area contributed by atoms with Gasteiger partial charge >= 0.3 is 0 Å². The van der Waals surface area contributed by atoms with Crippen LogP contribution in [0.3, 0.4) is 0 Å². The molecule has 0 aromatic heterocycles. The molecule has 1 atom stereocenters. The number of ketones is 1. The summed E-state index contributed by atoms with van der Waals surface area (Å²) in [6.45, 7) is 1.67. The minimum absolute atomic E-state index is 0.173. The number of hydrogen-bond donors (Lipinski definition) is 1. The molecule has 0 aliphatic carbocycles. The number of carbonyl (C=O) groups is 1. The number of Topliss-reactive ketones (excluding diaryl/α,β-unsaturated/α-hetero) is 1. The Morgan fingerprint density at radius 1 is 1.13 bits per heavy atom. The smallest absolute Gasteiger partial charge is 0.243 e. The summed E-state index contributed by atoms with van der Waals surface area (Å²) in [4.78, 5) is 13.2. The number of aryl methyl sites for hydroxylation is 1. The van der Waals surface area contributed by atoms with Gasteiger partial charge in [0.15, 0.2) is 5.78 Å². The van der Waals surface area contributed by atoms with Crippen LogP contribution in [-0.4, -0.2) is 19.6 Å². The van der Waals surface area contributed by atoms with Crippen LogP contribution in [0.1, 0.15) is 15.9 Å². The molecular formula is C15H11Cl2NO3S2. The zero-order valence-corrected chi connectivity index (χ0v) is 15.0. The van der Waals surface area contributed by atoms with Gasteiger partial charge in [0.05, 0.1) is 4.90 Å². The largest absolute Gasteiger partial charge is 0.291 e. The highest BCUT2D eigenvalue weighted by atomic mass is 35.5. The Morgan fingerprint density at radius 2 is 1.78 bits per heavy atom. The zero-order chi connectivity index (χ0) is 16.8. The van der Waals surface area contributed by atoms with Crippen molar-refractivity contribution in [3.63, 3.8) is 0 Å². The standard InChI is InChI=1S/C15H11Cl2NO3S2/c1-8-6-11(17)7-12-14(8)23(20,21)18-15(22-12)13(19)9-2-4-10(16)5-3-9/h2-7,15,18H,1H3. The minimum atomic E-state index is -3.78. The van der Waals surface area contributed by atoms with Crippen molar-refractivity contribution >= 4 is 50.8 Å². The number of fused-ring (bicyclic) bond motifs is 1. The van der Waals surface area contributed by atoms with Gasteiger partial charge in [-0.05, 0) is 48.9 Å². The van der Waals surface area contributed by atoms with Gasteiger partial charge in [-0.1, -0.05) is 35.0 Å². The number of halogens is 2. The molecular weight excluding hydrogens is 377 g/mol. The summed E-state index contributed by atoms with van der Waals surface area (Å²) in [6.07, 6.45) is 0. The van der Waals surface area contributed by atoms with Gasteiger partial charge in [0.1, 0.15) is 5.37 Å². The molecule has 1 aliphatic rings. The maximum atomic E-state index is 12.6. The highest BCUT2D eigenvalue weighted by Gasteiger charge is 2.36. The van der Waals surface area contributed by atoms with E-state index in [1.54, 1.807) is 43.3 Å². The molecule has 0 fully saturated rings. The van der Waals surface area contributed by atoms with Crippen molar-refractivity contribution in [2.45, 2.75) is 22.1 Å². The molecule has 4 nitrogen and oxygen atoms in total. The lowest BCUT2D eigenvalue weighted by molar-refractivity contribution is 0.0985. The topological polar surface area (TPSA) is 63.2 Å². The lowest BCUT2D eigenvalue weighted by Gasteiger charge is -2.25. The van der Waals surface area contributed by atoms with Crippen molar-refractivity contribution in [2.75, 3.05) is 0 Å². The summed E-state index contributed by atoms with van der Waals surface area (Å²) in [5, 5.41) is 0.00117. The molecule has 3 rings (SSSR count). The van der Waals surface area contributed by atoms with Crippen LogP contribution in [0.2, 0.25) is 10.0 Å². The van der Waals surface area contributed by atoms with Crippen molar-refractivity contribution in [3.05, 3.63) is 57.6 Å². The maximum absolute atomic E-state index is 12.6. The molecule has 0 bridgehead atoms. The first-order chi connectivity index (χ1) is 10.8. The molecule has 0 saturated heterocycles. The predicted molar refractivity (Wildman–Crippen MR) is 91.9 cm³/mol. The van der Waals surface area contributed by atoms with Gasteiger partial charge in [-0.25, -0.2) is 8.42 Å². The van der Waals surface area contributed by atoms with Crippen LogP contribution in [0.15, 0.2) is 46.2 Å². The summed E-state index contributed by atoms with van der Waals surface area (Å²) in [7, 11) is -3.78. The van der Waals surface area contributed by atoms with E-state index in [0.717, 1.165) is 11.8 Å². The van der Waals surface area contributed by atoms with Crippen LogP contribution < -0.4 is 4.72 Å². The molecule has 2 aromatic rings. The average molecular weight is 388 g/mol. The van der Waals surface area contributed by atoms with Gasteiger partial charge in [0.2, 0.25) is 10.0 Å². The van der Waals surface area contributed by atoms with E-state index in [9.17, 15) is 13.2 Å². The molecule has 1 unspecified atom stereocenters. The number of nitrogens with one attached hydrogen (secondary N) is 1. The number of benzene rings is 2. The van der Waals surface area contributed by atoms with Crippen LogP contribution in [0.4, 0.5) is 0 Å². The molecule has 120 valence electrons. The first kappa shape index (κ1) is 16.8. The monoisotopic (exact) mass is 387 g/mol. The van der Waals surface area contributed by atoms with E-state index in [2.05, 4.69) is 4.72 Å². The number of rotatable bonds is 2. The molecule has 0 saturated carbocycles. The highest BCUT2D eigenvalue weighted by molar-refractivity contribution is 8.03. The van der Waals surface area contributed by atoms with Gasteiger partial charge < -0.3 is 0 Å². The Bertz CT molecular complexity index is 896. The SMILES string of the molecule is Cc1cc(Cl)cc2c1S(=O)(=O)NC(C(=O)c1ccc(Cl)cc1)S2. The first-order valence-corrected chi connectivity index (χ1v) is 9.69. The second-order valence-electron chi connectivity index (χ2n) is 5.04. The fourth-order valence-electron chi connectivity index (χ4n) is 2.35. The van der Waals surface area contributed by atoms with Crippen molar-refractivity contribution < 1.29 is 13.2 Å². The van der Waals surface area contributed by atoms with Crippen LogP contribution in [0.25, 0.3) is 0 Å². The lowest BCUT2D eigenvalue weighted by atomic mass is 10.1. The third-order valence-electron chi connectivity index (χ3n) is 3.35. The fourth-order valence-corrected chi connectivity index (χ4v) is 6.14. The van der Waals surface area contributed by atoms with Gasteiger partial charge in [0, 0.05) is 20.5 Å². The van der Waals surface area contributed by atoms with E-state index < -0.39 is 15.4 Å². The number of thioether (sulfide) groups is 1. The molecule has 8 heteroatoms. The molecule has 1 heterocycles. The summed E-state index contributed by atoms with van der Waals surface area (Å²) in [6, 6.07) is 9.46. The van der Waals surface area contributed by atoms with Gasteiger partial charge in [-0.2, -0.15) is 4.72 Å². The molecule has 0 radical (unpaired) electrons. The normalized spacial score (nSPS) is 19.2. The Hall–Kier alpha value is -1.05. The Labute approximate surface area is 148 Å². The van der Waals surface area contributed by atoms with E-state index in [-0.39, 0.29) is 10.7 Å². The number of sulfonamides is 1. The van der Waals surface area contributed by atoms with Crippen LogP contribution >= 0.6 is 35.0 Å². The first-order valence-electron chi connectivity index (χ1n) is 6.57. The summed E-state index contributed by atoms with van der Waals surface area (Å²) in [5.74, 6) is -0.335. The van der Waals surface area contributed by atoms with Crippen LogP contribution in [0.5, 0.6) is 0 Å². The third-order valence-corrected chi connectivity index (χ3v) is 6.87. The third kappa shape index (κ3) is 3.27. The lowest BCUT2D eigenvalue weighted by Crippen LogP contribution is -2.41.